The fraction of sp³-hybridized carbons (Fsp3) is 0.167. The average molecular weight is 447 g/mol. The fourth-order valence-corrected chi connectivity index (χ4v) is 3.77. The summed E-state index contributed by atoms with van der Waals surface area (Å²) in [5.74, 6) is 0.886. The van der Waals surface area contributed by atoms with Crippen LogP contribution >= 0.6 is 11.3 Å². The van der Waals surface area contributed by atoms with Crippen LogP contribution in [0.4, 0.5) is 0 Å². The van der Waals surface area contributed by atoms with Gasteiger partial charge in [0.25, 0.3) is 5.56 Å². The van der Waals surface area contributed by atoms with Crippen molar-refractivity contribution in [2.24, 2.45) is 0 Å². The van der Waals surface area contributed by atoms with Gasteiger partial charge in [-0.3, -0.25) is 9.59 Å². The number of aryl methyl sites for hydroxylation is 1. The lowest BCUT2D eigenvalue weighted by Gasteiger charge is -2.14. The molecule has 2 aromatic heterocycles. The van der Waals surface area contributed by atoms with Gasteiger partial charge in [0.05, 0.1) is 28.1 Å². The van der Waals surface area contributed by atoms with E-state index in [1.807, 2.05) is 42.6 Å². The largest absolute Gasteiger partial charge is 0.487 e. The molecule has 4 aromatic rings. The highest BCUT2D eigenvalue weighted by molar-refractivity contribution is 7.09. The number of aromatic amines is 1. The Balaban J connectivity index is 1.43. The summed E-state index contributed by atoms with van der Waals surface area (Å²) in [5, 5.41) is 3.49. The summed E-state index contributed by atoms with van der Waals surface area (Å²) in [7, 11) is 1.66. The van der Waals surface area contributed by atoms with Gasteiger partial charge in [-0.05, 0) is 31.2 Å². The average Bonchev–Trinajstić information content (AvgIpc) is 3.21. The van der Waals surface area contributed by atoms with Crippen LogP contribution in [0.1, 0.15) is 22.1 Å². The molecule has 0 saturated heterocycles. The van der Waals surface area contributed by atoms with Crippen molar-refractivity contribution in [1.29, 1.82) is 0 Å². The summed E-state index contributed by atoms with van der Waals surface area (Å²) >= 11 is 1.58. The van der Waals surface area contributed by atoms with Gasteiger partial charge < -0.3 is 14.6 Å². The minimum Gasteiger partial charge on any atom is -0.487 e. The van der Waals surface area contributed by atoms with E-state index in [-0.39, 0.29) is 18.0 Å². The van der Waals surface area contributed by atoms with Gasteiger partial charge in [0.15, 0.2) is 0 Å². The summed E-state index contributed by atoms with van der Waals surface area (Å²) in [5.41, 5.74) is 2.05. The molecular weight excluding hydrogens is 424 g/mol. The molecule has 0 aliphatic carbocycles. The third-order valence-electron chi connectivity index (χ3n) is 4.79. The van der Waals surface area contributed by atoms with E-state index in [1.54, 1.807) is 42.7 Å². The van der Waals surface area contributed by atoms with Crippen LogP contribution in [0.3, 0.4) is 0 Å². The Morgan fingerprint density at radius 1 is 1.16 bits per heavy atom. The third-order valence-corrected chi connectivity index (χ3v) is 5.61. The molecule has 0 spiro atoms. The zero-order chi connectivity index (χ0) is 22.5. The number of benzene rings is 2. The van der Waals surface area contributed by atoms with Gasteiger partial charge in [-0.2, -0.15) is 0 Å². The van der Waals surface area contributed by atoms with Gasteiger partial charge in [-0.1, -0.05) is 30.3 Å². The maximum atomic E-state index is 12.6. The van der Waals surface area contributed by atoms with Gasteiger partial charge in [0, 0.05) is 24.1 Å². The Morgan fingerprint density at radius 2 is 1.94 bits per heavy atom. The summed E-state index contributed by atoms with van der Waals surface area (Å²) in [6.45, 7) is 2.50. The minimum absolute atomic E-state index is 0.185. The first-order chi connectivity index (χ1) is 15.5. The molecule has 0 aliphatic heterocycles. The molecule has 0 unspecified atom stereocenters. The third kappa shape index (κ3) is 5.09. The topological polar surface area (TPSA) is 88.2 Å². The first kappa shape index (κ1) is 21.5. The van der Waals surface area contributed by atoms with Crippen molar-refractivity contribution >= 4 is 34.2 Å². The Kier molecular flexibility index (Phi) is 6.42. The zero-order valence-corrected chi connectivity index (χ0v) is 18.6. The van der Waals surface area contributed by atoms with Gasteiger partial charge in [-0.25, -0.2) is 9.97 Å². The Labute approximate surface area is 189 Å². The molecule has 0 atom stereocenters. The maximum absolute atomic E-state index is 12.6. The van der Waals surface area contributed by atoms with Crippen LogP contribution < -0.4 is 10.3 Å². The van der Waals surface area contributed by atoms with E-state index >= 15 is 0 Å². The molecule has 0 saturated carbocycles. The quantitative estimate of drug-likeness (QED) is 0.435. The van der Waals surface area contributed by atoms with Crippen molar-refractivity contribution in [2.45, 2.75) is 20.1 Å². The van der Waals surface area contributed by atoms with Crippen LogP contribution in [0.5, 0.6) is 5.75 Å². The number of H-pyrrole nitrogens is 1. The number of rotatable bonds is 7. The van der Waals surface area contributed by atoms with E-state index in [2.05, 4.69) is 15.0 Å². The molecule has 32 heavy (non-hydrogen) atoms. The Morgan fingerprint density at radius 3 is 2.75 bits per heavy atom. The van der Waals surface area contributed by atoms with Crippen molar-refractivity contribution in [3.05, 3.63) is 92.4 Å². The number of amides is 1. The molecule has 162 valence electrons. The van der Waals surface area contributed by atoms with Crippen molar-refractivity contribution in [3.8, 4) is 5.75 Å². The standard InChI is InChI=1S/C24H22N4O3S/c1-16-25-18(15-32-16)14-31-21-10-6-3-7-17(21)11-12-23(29)28(2)13-22-26-20-9-5-4-8-19(20)24(30)27-22/h3-12,15H,13-14H2,1-2H3,(H,26,27,30). The van der Waals surface area contributed by atoms with Crippen molar-refractivity contribution in [2.75, 3.05) is 7.05 Å². The number of aromatic nitrogens is 3. The van der Waals surface area contributed by atoms with Crippen LogP contribution in [0.15, 0.2) is 64.8 Å². The number of fused-ring (bicyclic) bond motifs is 1. The van der Waals surface area contributed by atoms with Crippen molar-refractivity contribution < 1.29 is 9.53 Å². The molecule has 4 rings (SSSR count). The molecule has 1 N–H and O–H groups in total. The number of carbonyl (C=O) groups excluding carboxylic acids is 1. The molecule has 2 aromatic carbocycles. The smallest absolute Gasteiger partial charge is 0.258 e. The molecule has 2 heterocycles. The molecule has 8 heteroatoms. The highest BCUT2D eigenvalue weighted by Gasteiger charge is 2.10. The van der Waals surface area contributed by atoms with E-state index in [1.165, 1.54) is 11.0 Å². The van der Waals surface area contributed by atoms with E-state index < -0.39 is 0 Å². The Bertz CT molecular complexity index is 1340. The second-order valence-electron chi connectivity index (χ2n) is 7.24. The lowest BCUT2D eigenvalue weighted by atomic mass is 10.2. The van der Waals surface area contributed by atoms with E-state index in [4.69, 9.17) is 4.74 Å². The number of ether oxygens (including phenoxy) is 1. The van der Waals surface area contributed by atoms with Crippen LogP contribution in [-0.2, 0) is 17.9 Å². The van der Waals surface area contributed by atoms with Crippen LogP contribution in [0.2, 0.25) is 0 Å². The maximum Gasteiger partial charge on any atom is 0.258 e. The molecule has 0 bridgehead atoms. The first-order valence-electron chi connectivity index (χ1n) is 10.0. The highest BCUT2D eigenvalue weighted by atomic mass is 32.1. The second kappa shape index (κ2) is 9.57. The summed E-state index contributed by atoms with van der Waals surface area (Å²) in [4.78, 5) is 37.9. The summed E-state index contributed by atoms with van der Waals surface area (Å²) < 4.78 is 5.90. The molecule has 1 amide bonds. The molecule has 0 fully saturated rings. The van der Waals surface area contributed by atoms with E-state index in [0.717, 1.165) is 16.3 Å². The van der Waals surface area contributed by atoms with E-state index in [9.17, 15) is 9.59 Å². The minimum atomic E-state index is -0.219. The number of para-hydroxylation sites is 2. The number of nitrogens with one attached hydrogen (secondary N) is 1. The number of nitrogens with zero attached hydrogens (tertiary/aromatic N) is 3. The normalized spacial score (nSPS) is 11.2. The predicted molar refractivity (Wildman–Crippen MR) is 125 cm³/mol. The first-order valence-corrected chi connectivity index (χ1v) is 10.9. The van der Waals surface area contributed by atoms with Gasteiger partial charge in [-0.15, -0.1) is 11.3 Å². The fourth-order valence-electron chi connectivity index (χ4n) is 3.18. The molecular formula is C24H22N4O3S. The lowest BCUT2D eigenvalue weighted by Crippen LogP contribution is -2.26. The number of hydrogen-bond donors (Lipinski definition) is 1. The van der Waals surface area contributed by atoms with Crippen molar-refractivity contribution in [1.82, 2.24) is 19.9 Å². The van der Waals surface area contributed by atoms with Crippen LogP contribution in [-0.4, -0.2) is 32.8 Å². The number of likely N-dealkylation sites (N-methyl/N-ethyl adjacent to an activating group) is 1. The van der Waals surface area contributed by atoms with Gasteiger partial charge >= 0.3 is 0 Å². The lowest BCUT2D eigenvalue weighted by molar-refractivity contribution is -0.125. The summed E-state index contributed by atoms with van der Waals surface area (Å²) in [6, 6.07) is 14.6. The van der Waals surface area contributed by atoms with E-state index in [0.29, 0.717) is 29.1 Å². The second-order valence-corrected chi connectivity index (χ2v) is 8.30. The molecule has 0 radical (unpaired) electrons. The monoisotopic (exact) mass is 446 g/mol. The molecule has 0 aliphatic rings. The van der Waals surface area contributed by atoms with Crippen LogP contribution in [0.25, 0.3) is 17.0 Å². The summed E-state index contributed by atoms with van der Waals surface area (Å²) in [6.07, 6.45) is 3.20. The van der Waals surface area contributed by atoms with Gasteiger partial charge in [0.1, 0.15) is 18.2 Å². The highest BCUT2D eigenvalue weighted by Crippen LogP contribution is 2.21. The Hall–Kier alpha value is -3.78. The number of carbonyl (C=O) groups is 1. The SMILES string of the molecule is Cc1nc(COc2ccccc2C=CC(=O)N(C)Cc2nc3ccccc3c(=O)[nH]2)cs1. The molecule has 7 nitrogen and oxygen atoms in total. The van der Waals surface area contributed by atoms with Gasteiger partial charge in [0.2, 0.25) is 5.91 Å². The van der Waals surface area contributed by atoms with Crippen molar-refractivity contribution in [3.63, 3.8) is 0 Å². The number of thiazole rings is 1. The predicted octanol–water partition coefficient (Wildman–Crippen LogP) is 3.94. The van der Waals surface area contributed by atoms with Crippen LogP contribution in [0, 0.1) is 6.92 Å². The number of hydrogen-bond acceptors (Lipinski definition) is 6. The zero-order valence-electron chi connectivity index (χ0n) is 17.7.